The molecule has 1 N–H and O–H groups in total. The molecular weight excluding hydrogens is 395 g/mol. The molecule has 9 heteroatoms. The molecule has 1 unspecified atom stereocenters. The Hall–Kier alpha value is -2.29. The second-order valence-electron chi connectivity index (χ2n) is 7.81. The Morgan fingerprint density at radius 3 is 2.57 bits per heavy atom. The molecule has 1 saturated heterocycles. The first kappa shape index (κ1) is 24.0. The summed E-state index contributed by atoms with van der Waals surface area (Å²) in [6.07, 6.45) is -3.40. The Kier molecular flexibility index (Phi) is 8.95. The number of rotatable bonds is 8. The lowest BCUT2D eigenvalue weighted by Crippen LogP contribution is -2.45. The Bertz CT molecular complexity index is 694. The van der Waals surface area contributed by atoms with Crippen molar-refractivity contribution in [1.82, 2.24) is 20.0 Å². The van der Waals surface area contributed by atoms with Gasteiger partial charge in [-0.2, -0.15) is 13.2 Å². The molecule has 1 aromatic carbocycles. The highest BCUT2D eigenvalue weighted by Crippen LogP contribution is 2.21. The lowest BCUT2D eigenvalue weighted by atomic mass is 10.1. The number of hydrogen-bond acceptors (Lipinski definition) is 3. The maximum Gasteiger partial charge on any atom is 0.401 e. The van der Waals surface area contributed by atoms with Gasteiger partial charge in [-0.05, 0) is 24.4 Å². The molecule has 0 aliphatic carbocycles. The molecule has 30 heavy (non-hydrogen) atoms. The van der Waals surface area contributed by atoms with Crippen molar-refractivity contribution in [2.45, 2.75) is 26.1 Å². The average Bonchev–Trinajstić information content (AvgIpc) is 3.15. The van der Waals surface area contributed by atoms with E-state index in [-0.39, 0.29) is 18.4 Å². The van der Waals surface area contributed by atoms with Crippen LogP contribution in [-0.4, -0.2) is 86.1 Å². The zero-order chi connectivity index (χ0) is 22.1. The highest BCUT2D eigenvalue weighted by molar-refractivity contribution is 5.86. The summed E-state index contributed by atoms with van der Waals surface area (Å²) in [5.74, 6) is 0.677. The van der Waals surface area contributed by atoms with Gasteiger partial charge in [0.2, 0.25) is 5.91 Å². The minimum Gasteiger partial charge on any atom is -0.347 e. The van der Waals surface area contributed by atoms with Gasteiger partial charge < -0.3 is 15.1 Å². The Morgan fingerprint density at radius 1 is 1.27 bits per heavy atom. The molecule has 1 atom stereocenters. The van der Waals surface area contributed by atoms with E-state index in [0.29, 0.717) is 38.7 Å². The van der Waals surface area contributed by atoms with Crippen LogP contribution in [0, 0.1) is 5.92 Å². The Balaban J connectivity index is 2.02. The molecule has 168 valence electrons. The highest BCUT2D eigenvalue weighted by atomic mass is 19.4. The molecule has 0 saturated carbocycles. The highest BCUT2D eigenvalue weighted by Gasteiger charge is 2.33. The number of carbonyl (C=O) groups excluding carboxylic acids is 1. The molecule has 6 nitrogen and oxygen atoms in total. The van der Waals surface area contributed by atoms with Gasteiger partial charge in [0.1, 0.15) is 0 Å². The number of likely N-dealkylation sites (N-methyl/N-ethyl adjacent to an activating group) is 1. The molecule has 0 spiro atoms. The SMILES string of the molecule is CCN(CC1CCN(C(=NCc2ccccc2)NCC(=O)N(C)C)C1)CC(F)(F)F. The van der Waals surface area contributed by atoms with Crippen LogP contribution in [0.1, 0.15) is 18.9 Å². The van der Waals surface area contributed by atoms with Crippen LogP contribution in [0.3, 0.4) is 0 Å². The third kappa shape index (κ3) is 8.22. The van der Waals surface area contributed by atoms with Crippen LogP contribution in [0.4, 0.5) is 13.2 Å². The van der Waals surface area contributed by atoms with Gasteiger partial charge in [-0.15, -0.1) is 0 Å². The smallest absolute Gasteiger partial charge is 0.347 e. The number of amides is 1. The predicted molar refractivity (Wildman–Crippen MR) is 112 cm³/mol. The Labute approximate surface area is 176 Å². The molecule has 0 radical (unpaired) electrons. The molecule has 0 bridgehead atoms. The van der Waals surface area contributed by atoms with Crippen LogP contribution in [0.5, 0.6) is 0 Å². The second kappa shape index (κ2) is 11.2. The number of nitrogens with one attached hydrogen (secondary N) is 1. The molecule has 2 rings (SSSR count). The fraction of sp³-hybridized carbons (Fsp3) is 0.619. The third-order valence-electron chi connectivity index (χ3n) is 5.10. The molecule has 1 fully saturated rings. The summed E-state index contributed by atoms with van der Waals surface area (Å²) >= 11 is 0. The van der Waals surface area contributed by atoms with Crippen molar-refractivity contribution in [2.24, 2.45) is 10.9 Å². The van der Waals surface area contributed by atoms with Crippen molar-refractivity contribution >= 4 is 11.9 Å². The number of carbonyl (C=O) groups is 1. The molecular formula is C21H32F3N5O. The van der Waals surface area contributed by atoms with Gasteiger partial charge >= 0.3 is 6.18 Å². The van der Waals surface area contributed by atoms with E-state index in [9.17, 15) is 18.0 Å². The van der Waals surface area contributed by atoms with Gasteiger partial charge in [0.15, 0.2) is 5.96 Å². The number of guanidine groups is 1. The van der Waals surface area contributed by atoms with E-state index in [1.54, 1.807) is 21.0 Å². The van der Waals surface area contributed by atoms with Gasteiger partial charge in [0.05, 0.1) is 19.6 Å². The van der Waals surface area contributed by atoms with Crippen LogP contribution in [-0.2, 0) is 11.3 Å². The van der Waals surface area contributed by atoms with E-state index >= 15 is 0 Å². The van der Waals surface area contributed by atoms with E-state index in [0.717, 1.165) is 12.0 Å². The van der Waals surface area contributed by atoms with Crippen molar-refractivity contribution in [2.75, 3.05) is 53.4 Å². The summed E-state index contributed by atoms with van der Waals surface area (Å²) < 4.78 is 38.3. The summed E-state index contributed by atoms with van der Waals surface area (Å²) in [5, 5.41) is 3.13. The average molecular weight is 428 g/mol. The number of hydrogen-bond donors (Lipinski definition) is 1. The van der Waals surface area contributed by atoms with Crippen LogP contribution in [0.15, 0.2) is 35.3 Å². The number of likely N-dealkylation sites (tertiary alicyclic amines) is 1. The van der Waals surface area contributed by atoms with Gasteiger partial charge in [-0.3, -0.25) is 9.69 Å². The van der Waals surface area contributed by atoms with Crippen molar-refractivity contribution < 1.29 is 18.0 Å². The maximum absolute atomic E-state index is 12.8. The fourth-order valence-corrected chi connectivity index (χ4v) is 3.43. The van der Waals surface area contributed by atoms with Crippen molar-refractivity contribution in [3.05, 3.63) is 35.9 Å². The molecule has 1 amide bonds. The predicted octanol–water partition coefficient (Wildman–Crippen LogP) is 2.43. The molecule has 1 aliphatic rings. The summed E-state index contributed by atoms with van der Waals surface area (Å²) in [5.41, 5.74) is 1.05. The summed E-state index contributed by atoms with van der Waals surface area (Å²) in [4.78, 5) is 21.6. The van der Waals surface area contributed by atoms with Gasteiger partial charge in [-0.25, -0.2) is 4.99 Å². The lowest BCUT2D eigenvalue weighted by Gasteiger charge is -2.26. The summed E-state index contributed by atoms with van der Waals surface area (Å²) in [7, 11) is 3.38. The first-order valence-electron chi connectivity index (χ1n) is 10.2. The minimum atomic E-state index is -4.19. The van der Waals surface area contributed by atoms with E-state index in [4.69, 9.17) is 0 Å². The van der Waals surface area contributed by atoms with Crippen LogP contribution < -0.4 is 5.32 Å². The number of halogens is 3. The van der Waals surface area contributed by atoms with E-state index < -0.39 is 12.7 Å². The number of alkyl halides is 3. The first-order chi connectivity index (χ1) is 14.2. The van der Waals surface area contributed by atoms with Gasteiger partial charge in [0, 0.05) is 33.7 Å². The van der Waals surface area contributed by atoms with Crippen molar-refractivity contribution in [1.29, 1.82) is 0 Å². The fourth-order valence-electron chi connectivity index (χ4n) is 3.43. The molecule has 0 aromatic heterocycles. The molecule has 1 aromatic rings. The standard InChI is InChI=1S/C21H32F3N5O/c1-4-28(16-21(22,23)24)14-18-10-11-29(15-18)20(26-13-19(30)27(2)3)25-12-17-8-6-5-7-9-17/h5-9,18H,4,10-16H2,1-3H3,(H,25,26). The van der Waals surface area contributed by atoms with Crippen LogP contribution in [0.2, 0.25) is 0 Å². The monoisotopic (exact) mass is 427 g/mol. The lowest BCUT2D eigenvalue weighted by molar-refractivity contribution is -0.146. The van der Waals surface area contributed by atoms with Crippen molar-refractivity contribution in [3.63, 3.8) is 0 Å². The zero-order valence-electron chi connectivity index (χ0n) is 18.0. The van der Waals surface area contributed by atoms with Crippen LogP contribution in [0.25, 0.3) is 0 Å². The van der Waals surface area contributed by atoms with Crippen molar-refractivity contribution in [3.8, 4) is 0 Å². The zero-order valence-corrected chi connectivity index (χ0v) is 18.0. The van der Waals surface area contributed by atoms with E-state index in [1.807, 2.05) is 35.2 Å². The largest absolute Gasteiger partial charge is 0.401 e. The Morgan fingerprint density at radius 2 is 1.97 bits per heavy atom. The number of aliphatic imine (C=N–C) groups is 1. The minimum absolute atomic E-state index is 0.0690. The third-order valence-corrected chi connectivity index (χ3v) is 5.10. The second-order valence-corrected chi connectivity index (χ2v) is 7.81. The summed E-state index contributed by atoms with van der Waals surface area (Å²) in [6, 6.07) is 9.79. The normalized spacial score (nSPS) is 17.5. The molecule has 1 aliphatic heterocycles. The quantitative estimate of drug-likeness (QED) is 0.512. The van der Waals surface area contributed by atoms with E-state index in [1.165, 1.54) is 9.80 Å². The summed E-state index contributed by atoms with van der Waals surface area (Å²) in [6.45, 7) is 3.53. The topological polar surface area (TPSA) is 51.2 Å². The first-order valence-corrected chi connectivity index (χ1v) is 10.2. The maximum atomic E-state index is 12.8. The van der Waals surface area contributed by atoms with Gasteiger partial charge in [0.25, 0.3) is 0 Å². The number of nitrogens with zero attached hydrogens (tertiary/aromatic N) is 4. The van der Waals surface area contributed by atoms with Crippen LogP contribution >= 0.6 is 0 Å². The van der Waals surface area contributed by atoms with Gasteiger partial charge in [-0.1, -0.05) is 37.3 Å². The number of benzene rings is 1. The molecule has 1 heterocycles. The van der Waals surface area contributed by atoms with E-state index in [2.05, 4.69) is 10.3 Å².